The number of fused-ring (bicyclic) bond motifs is 5. The fourth-order valence-electron chi connectivity index (χ4n) is 4.22. The molecule has 1 aliphatic heterocycles. The van der Waals surface area contributed by atoms with E-state index in [9.17, 15) is 0 Å². The van der Waals surface area contributed by atoms with Crippen molar-refractivity contribution in [3.05, 3.63) is 84.5 Å². The molecule has 0 radical (unpaired) electrons. The van der Waals surface area contributed by atoms with Gasteiger partial charge in [-0.25, -0.2) is 0 Å². The van der Waals surface area contributed by atoms with E-state index >= 15 is 0 Å². The third-order valence-electron chi connectivity index (χ3n) is 5.41. The summed E-state index contributed by atoms with van der Waals surface area (Å²) in [5, 5.41) is 2.51. The van der Waals surface area contributed by atoms with Gasteiger partial charge in [0.2, 0.25) is 0 Å². The predicted molar refractivity (Wildman–Crippen MR) is 107 cm³/mol. The number of nitrogens with zero attached hydrogens (tertiary/aromatic N) is 1. The molecule has 0 saturated carbocycles. The maximum absolute atomic E-state index is 6.18. The number of aromatic nitrogens is 1. The van der Waals surface area contributed by atoms with E-state index in [0.717, 1.165) is 35.5 Å². The lowest BCUT2D eigenvalue weighted by Crippen LogP contribution is -2.03. The Kier molecular flexibility index (Phi) is 2.75. The number of hydrogen-bond acceptors (Lipinski definition) is 1. The Hall–Kier alpha value is -3.26. The van der Waals surface area contributed by atoms with Gasteiger partial charge < -0.3 is 9.30 Å². The highest BCUT2D eigenvalue weighted by atomic mass is 16.5. The third kappa shape index (κ3) is 1.81. The molecular weight excluding hydrogens is 318 g/mol. The molecule has 1 aliphatic carbocycles. The average Bonchev–Trinajstić information content (AvgIpc) is 3.05. The summed E-state index contributed by atoms with van der Waals surface area (Å²) in [5.41, 5.74) is 6.10. The zero-order valence-electron chi connectivity index (χ0n) is 14.3. The first-order chi connectivity index (χ1) is 12.9. The van der Waals surface area contributed by atoms with Gasteiger partial charge in [-0.15, -0.1) is 0 Å². The number of para-hydroxylation sites is 3. The molecule has 4 aromatic rings. The maximum atomic E-state index is 6.18. The van der Waals surface area contributed by atoms with Crippen LogP contribution in [-0.2, 0) is 0 Å². The lowest BCUT2D eigenvalue weighted by Gasteiger charge is -2.20. The lowest BCUT2D eigenvalue weighted by atomic mass is 9.98. The second-order valence-electron chi connectivity index (χ2n) is 6.93. The van der Waals surface area contributed by atoms with Crippen molar-refractivity contribution in [1.82, 2.24) is 4.57 Å². The number of rotatable bonds is 1. The van der Waals surface area contributed by atoms with Gasteiger partial charge in [0.1, 0.15) is 0 Å². The molecule has 0 saturated heterocycles. The second-order valence-corrected chi connectivity index (χ2v) is 6.93. The highest BCUT2D eigenvalue weighted by molar-refractivity contribution is 6.12. The zero-order valence-corrected chi connectivity index (χ0v) is 14.3. The summed E-state index contributed by atoms with van der Waals surface area (Å²) in [6.07, 6.45) is 9.10. The van der Waals surface area contributed by atoms with Crippen molar-refractivity contribution in [2.45, 2.75) is 12.8 Å². The van der Waals surface area contributed by atoms with Crippen molar-refractivity contribution < 1.29 is 4.74 Å². The van der Waals surface area contributed by atoms with Crippen LogP contribution in [-0.4, -0.2) is 4.57 Å². The van der Waals surface area contributed by atoms with Gasteiger partial charge >= 0.3 is 0 Å². The van der Waals surface area contributed by atoms with E-state index in [0.29, 0.717) is 0 Å². The largest absolute Gasteiger partial charge is 0.453 e. The molecule has 2 heterocycles. The molecule has 3 aromatic carbocycles. The molecule has 0 atom stereocenters. The first kappa shape index (κ1) is 14.0. The Labute approximate surface area is 151 Å². The van der Waals surface area contributed by atoms with Crippen LogP contribution in [0.4, 0.5) is 0 Å². The molecule has 6 rings (SSSR count). The topological polar surface area (TPSA) is 14.2 Å². The van der Waals surface area contributed by atoms with E-state index in [1.54, 1.807) is 0 Å². The van der Waals surface area contributed by atoms with Crippen LogP contribution >= 0.6 is 0 Å². The minimum atomic E-state index is 0.909. The highest BCUT2D eigenvalue weighted by Crippen LogP contribution is 2.45. The van der Waals surface area contributed by atoms with E-state index < -0.39 is 0 Å². The van der Waals surface area contributed by atoms with E-state index in [1.165, 1.54) is 27.4 Å². The predicted octanol–water partition coefficient (Wildman–Crippen LogP) is 6.62. The molecule has 0 bridgehead atoms. The summed E-state index contributed by atoms with van der Waals surface area (Å²) < 4.78 is 8.54. The molecule has 26 heavy (non-hydrogen) atoms. The molecule has 0 amide bonds. The van der Waals surface area contributed by atoms with Crippen LogP contribution in [0.25, 0.3) is 33.1 Å². The summed E-state index contributed by atoms with van der Waals surface area (Å²) in [6, 6.07) is 21.4. The van der Waals surface area contributed by atoms with Gasteiger partial charge in [-0.05, 0) is 48.2 Å². The Morgan fingerprint density at radius 2 is 1.73 bits per heavy atom. The molecule has 2 heteroatoms. The van der Waals surface area contributed by atoms with Gasteiger partial charge in [0.05, 0.1) is 16.7 Å². The fraction of sp³-hybridized carbons (Fsp3) is 0.0833. The summed E-state index contributed by atoms with van der Waals surface area (Å²) in [5.74, 6) is 1.84. The Balaban J connectivity index is 1.74. The van der Waals surface area contributed by atoms with Crippen LogP contribution in [0.1, 0.15) is 18.4 Å². The van der Waals surface area contributed by atoms with Crippen molar-refractivity contribution in [1.29, 1.82) is 0 Å². The van der Waals surface area contributed by atoms with Crippen molar-refractivity contribution in [2.75, 3.05) is 0 Å². The Bertz CT molecular complexity index is 1260. The van der Waals surface area contributed by atoms with Crippen molar-refractivity contribution >= 4 is 27.4 Å². The standard InChI is InChI=1S/C24H17NO/c1-2-7-16(8-3-1)17-13-14-18-19-9-6-12-23-24(19)25(21(18)15-17)20-10-4-5-11-22(20)26-23/h2,4-15H,1,3H2. The summed E-state index contributed by atoms with van der Waals surface area (Å²) in [6.45, 7) is 0. The van der Waals surface area contributed by atoms with Crippen molar-refractivity contribution in [2.24, 2.45) is 0 Å². The van der Waals surface area contributed by atoms with Crippen molar-refractivity contribution in [3.63, 3.8) is 0 Å². The van der Waals surface area contributed by atoms with Crippen LogP contribution in [0.5, 0.6) is 11.5 Å². The van der Waals surface area contributed by atoms with Crippen LogP contribution in [0.2, 0.25) is 0 Å². The number of hydrogen-bond donors (Lipinski definition) is 0. The van der Waals surface area contributed by atoms with E-state index in [2.05, 4.69) is 71.3 Å². The average molecular weight is 335 g/mol. The minimum Gasteiger partial charge on any atom is -0.453 e. The number of benzene rings is 3. The summed E-state index contributed by atoms with van der Waals surface area (Å²) in [4.78, 5) is 0. The van der Waals surface area contributed by atoms with Crippen molar-refractivity contribution in [3.8, 4) is 17.2 Å². The molecule has 124 valence electrons. The van der Waals surface area contributed by atoms with E-state index in [4.69, 9.17) is 4.74 Å². The maximum Gasteiger partial charge on any atom is 0.152 e. The highest BCUT2D eigenvalue weighted by Gasteiger charge is 2.23. The molecule has 1 aromatic heterocycles. The second kappa shape index (κ2) is 5.12. The number of ether oxygens (including phenoxy) is 1. The quantitative estimate of drug-likeness (QED) is 0.335. The molecule has 0 spiro atoms. The lowest BCUT2D eigenvalue weighted by molar-refractivity contribution is 0.476. The minimum absolute atomic E-state index is 0.909. The smallest absolute Gasteiger partial charge is 0.152 e. The molecule has 0 N–H and O–H groups in total. The molecule has 0 unspecified atom stereocenters. The molecule has 2 nitrogen and oxygen atoms in total. The first-order valence-corrected chi connectivity index (χ1v) is 9.12. The fourth-order valence-corrected chi connectivity index (χ4v) is 4.22. The van der Waals surface area contributed by atoms with Gasteiger partial charge in [0.25, 0.3) is 0 Å². The van der Waals surface area contributed by atoms with Crippen LogP contribution < -0.4 is 4.74 Å². The SMILES string of the molecule is C1=CC(c2ccc3c4cccc5c4n(c3c2)-c2ccccc2O5)=CCC1. The van der Waals surface area contributed by atoms with Crippen LogP contribution in [0, 0.1) is 0 Å². The van der Waals surface area contributed by atoms with Crippen LogP contribution in [0.15, 0.2) is 78.9 Å². The van der Waals surface area contributed by atoms with E-state index in [-0.39, 0.29) is 0 Å². The third-order valence-corrected chi connectivity index (χ3v) is 5.41. The van der Waals surface area contributed by atoms with Gasteiger partial charge in [-0.1, -0.05) is 54.6 Å². The monoisotopic (exact) mass is 335 g/mol. The van der Waals surface area contributed by atoms with Gasteiger partial charge in [-0.2, -0.15) is 0 Å². The van der Waals surface area contributed by atoms with Crippen LogP contribution in [0.3, 0.4) is 0 Å². The first-order valence-electron chi connectivity index (χ1n) is 9.12. The Morgan fingerprint density at radius 3 is 2.65 bits per heavy atom. The zero-order chi connectivity index (χ0) is 17.1. The van der Waals surface area contributed by atoms with E-state index in [1.807, 2.05) is 12.1 Å². The molecule has 2 aliphatic rings. The van der Waals surface area contributed by atoms with Gasteiger partial charge in [0, 0.05) is 10.8 Å². The van der Waals surface area contributed by atoms with Gasteiger partial charge in [-0.3, -0.25) is 0 Å². The Morgan fingerprint density at radius 1 is 0.808 bits per heavy atom. The normalized spacial score (nSPS) is 15.0. The summed E-state index contributed by atoms with van der Waals surface area (Å²) in [7, 11) is 0. The number of allylic oxidation sites excluding steroid dienone is 4. The molecule has 0 fully saturated rings. The van der Waals surface area contributed by atoms with Gasteiger partial charge in [0.15, 0.2) is 11.5 Å². The molecular formula is C24H17NO. The summed E-state index contributed by atoms with van der Waals surface area (Å²) >= 11 is 0.